The van der Waals surface area contributed by atoms with Gasteiger partial charge in [-0.15, -0.1) is 0 Å². The molecule has 0 amide bonds. The third-order valence-electron chi connectivity index (χ3n) is 1.74. The van der Waals surface area contributed by atoms with E-state index in [1.807, 2.05) is 0 Å². The first-order valence-electron chi connectivity index (χ1n) is 5.18. The van der Waals surface area contributed by atoms with Gasteiger partial charge in [-0.1, -0.05) is 34.8 Å². The van der Waals surface area contributed by atoms with Gasteiger partial charge in [0.25, 0.3) is 0 Å². The maximum atomic E-state index is 11.4. The Morgan fingerprint density at radius 2 is 1.67 bits per heavy atom. The monoisotopic (exact) mass is 310 g/mol. The number of esters is 1. The molecular formula is C12H13Cl3O3. The van der Waals surface area contributed by atoms with E-state index in [0.717, 1.165) is 0 Å². The van der Waals surface area contributed by atoms with Gasteiger partial charge in [0.2, 0.25) is 0 Å². The molecule has 0 aliphatic carbocycles. The van der Waals surface area contributed by atoms with Crippen LogP contribution in [-0.4, -0.2) is 18.2 Å². The maximum Gasteiger partial charge on any atom is 0.344 e. The van der Waals surface area contributed by atoms with E-state index >= 15 is 0 Å². The fourth-order valence-corrected chi connectivity index (χ4v) is 1.71. The van der Waals surface area contributed by atoms with Crippen molar-refractivity contribution in [2.24, 2.45) is 0 Å². The largest absolute Gasteiger partial charge is 0.480 e. The fraction of sp³-hybridized carbons (Fsp3) is 0.417. The molecule has 0 aliphatic heterocycles. The number of ether oxygens (including phenoxy) is 2. The summed E-state index contributed by atoms with van der Waals surface area (Å²) >= 11 is 17.5. The van der Waals surface area contributed by atoms with Crippen LogP contribution in [0, 0.1) is 0 Å². The predicted molar refractivity (Wildman–Crippen MR) is 72.8 cm³/mol. The number of hydrogen-bond acceptors (Lipinski definition) is 3. The van der Waals surface area contributed by atoms with Gasteiger partial charge in [-0.3, -0.25) is 0 Å². The first-order valence-corrected chi connectivity index (χ1v) is 6.31. The van der Waals surface area contributed by atoms with Crippen molar-refractivity contribution in [3.8, 4) is 5.75 Å². The number of halogens is 3. The minimum atomic E-state index is -0.554. The number of carbonyl (C=O) groups excluding carboxylic acids is 1. The molecule has 0 bridgehead atoms. The molecule has 100 valence electrons. The minimum absolute atomic E-state index is 0.241. The maximum absolute atomic E-state index is 11.4. The van der Waals surface area contributed by atoms with Crippen LogP contribution in [0.4, 0.5) is 0 Å². The van der Waals surface area contributed by atoms with Crippen LogP contribution in [0.5, 0.6) is 5.75 Å². The zero-order valence-corrected chi connectivity index (χ0v) is 12.5. The highest BCUT2D eigenvalue weighted by Gasteiger charge is 2.17. The van der Waals surface area contributed by atoms with Crippen LogP contribution in [0.2, 0.25) is 15.1 Å². The highest BCUT2D eigenvalue weighted by Crippen LogP contribution is 2.33. The van der Waals surface area contributed by atoms with Gasteiger partial charge in [-0.05, 0) is 26.8 Å². The van der Waals surface area contributed by atoms with E-state index < -0.39 is 11.6 Å². The Hall–Kier alpha value is -0.640. The van der Waals surface area contributed by atoms with Crippen molar-refractivity contribution in [1.29, 1.82) is 0 Å². The average molecular weight is 312 g/mol. The van der Waals surface area contributed by atoms with Crippen molar-refractivity contribution in [3.05, 3.63) is 27.2 Å². The zero-order valence-electron chi connectivity index (χ0n) is 10.2. The first kappa shape index (κ1) is 15.4. The van der Waals surface area contributed by atoms with Crippen molar-refractivity contribution >= 4 is 40.8 Å². The van der Waals surface area contributed by atoms with E-state index in [9.17, 15) is 4.79 Å². The van der Waals surface area contributed by atoms with E-state index in [0.29, 0.717) is 10.0 Å². The molecule has 0 atom stereocenters. The zero-order chi connectivity index (χ0) is 13.9. The number of rotatable bonds is 3. The average Bonchev–Trinajstić information content (AvgIpc) is 2.19. The summed E-state index contributed by atoms with van der Waals surface area (Å²) in [4.78, 5) is 11.4. The normalized spacial score (nSPS) is 11.2. The summed E-state index contributed by atoms with van der Waals surface area (Å²) in [7, 11) is 0. The van der Waals surface area contributed by atoms with E-state index in [2.05, 4.69) is 0 Å². The van der Waals surface area contributed by atoms with Crippen LogP contribution in [-0.2, 0) is 9.53 Å². The smallest absolute Gasteiger partial charge is 0.344 e. The van der Waals surface area contributed by atoms with Gasteiger partial charge in [0, 0.05) is 6.07 Å². The van der Waals surface area contributed by atoms with Crippen LogP contribution in [0.1, 0.15) is 20.8 Å². The van der Waals surface area contributed by atoms with Gasteiger partial charge in [0.15, 0.2) is 6.61 Å². The standard InChI is InChI=1S/C12H13Cl3O3/c1-12(2,3)18-11(16)6-17-10-5-8(14)7(13)4-9(10)15/h4-5H,6H2,1-3H3. The molecule has 0 radical (unpaired) electrons. The Morgan fingerprint density at radius 3 is 2.22 bits per heavy atom. The molecule has 0 aromatic heterocycles. The van der Waals surface area contributed by atoms with Crippen molar-refractivity contribution in [2.45, 2.75) is 26.4 Å². The van der Waals surface area contributed by atoms with Crippen molar-refractivity contribution < 1.29 is 14.3 Å². The van der Waals surface area contributed by atoms with Crippen LogP contribution in [0.3, 0.4) is 0 Å². The summed E-state index contributed by atoms with van der Waals surface area (Å²) in [6, 6.07) is 2.91. The molecule has 3 nitrogen and oxygen atoms in total. The second-order valence-corrected chi connectivity index (χ2v) is 5.79. The molecule has 18 heavy (non-hydrogen) atoms. The van der Waals surface area contributed by atoms with E-state index in [1.54, 1.807) is 20.8 Å². The lowest BCUT2D eigenvalue weighted by atomic mass is 10.2. The van der Waals surface area contributed by atoms with Crippen LogP contribution in [0.25, 0.3) is 0 Å². The number of benzene rings is 1. The lowest BCUT2D eigenvalue weighted by Gasteiger charge is -2.19. The van der Waals surface area contributed by atoms with Gasteiger partial charge < -0.3 is 9.47 Å². The third-order valence-corrected chi connectivity index (χ3v) is 2.76. The van der Waals surface area contributed by atoms with Crippen LogP contribution in [0.15, 0.2) is 12.1 Å². The highest BCUT2D eigenvalue weighted by atomic mass is 35.5. The van der Waals surface area contributed by atoms with Gasteiger partial charge >= 0.3 is 5.97 Å². The fourth-order valence-electron chi connectivity index (χ4n) is 1.12. The van der Waals surface area contributed by atoms with Gasteiger partial charge in [-0.25, -0.2) is 4.79 Å². The topological polar surface area (TPSA) is 35.5 Å². The molecule has 1 rings (SSSR count). The van der Waals surface area contributed by atoms with E-state index in [4.69, 9.17) is 44.3 Å². The molecule has 0 spiro atoms. The molecule has 0 heterocycles. The molecule has 1 aromatic rings. The summed E-state index contributed by atoms with van der Waals surface area (Å²) in [6.45, 7) is 5.08. The minimum Gasteiger partial charge on any atom is -0.480 e. The number of carbonyl (C=O) groups is 1. The molecule has 0 saturated heterocycles. The summed E-state index contributed by atoms with van der Waals surface area (Å²) in [6.07, 6.45) is 0. The van der Waals surface area contributed by atoms with Crippen LogP contribution >= 0.6 is 34.8 Å². The lowest BCUT2D eigenvalue weighted by molar-refractivity contribution is -0.157. The summed E-state index contributed by atoms with van der Waals surface area (Å²) in [5.74, 6) is -0.193. The number of hydrogen-bond donors (Lipinski definition) is 0. The molecule has 0 N–H and O–H groups in total. The molecule has 0 unspecified atom stereocenters. The SMILES string of the molecule is CC(C)(C)OC(=O)COc1cc(Cl)c(Cl)cc1Cl. The molecular weight excluding hydrogens is 298 g/mol. The third kappa shape index (κ3) is 4.92. The Labute approximate surface area is 121 Å². The summed E-state index contributed by atoms with van der Waals surface area (Å²) in [5.41, 5.74) is -0.554. The van der Waals surface area contributed by atoms with Gasteiger partial charge in [0.05, 0.1) is 15.1 Å². The van der Waals surface area contributed by atoms with Gasteiger partial charge in [-0.2, -0.15) is 0 Å². The molecule has 6 heteroatoms. The Bertz CT molecular complexity index is 453. The Balaban J connectivity index is 2.64. The van der Waals surface area contributed by atoms with Crippen molar-refractivity contribution in [2.75, 3.05) is 6.61 Å². The van der Waals surface area contributed by atoms with Crippen molar-refractivity contribution in [3.63, 3.8) is 0 Å². The van der Waals surface area contributed by atoms with Gasteiger partial charge in [0.1, 0.15) is 11.4 Å². The van der Waals surface area contributed by atoms with Crippen molar-refractivity contribution in [1.82, 2.24) is 0 Å². The second kappa shape index (κ2) is 6.00. The van der Waals surface area contributed by atoms with Crippen LogP contribution < -0.4 is 4.74 Å². The second-order valence-electron chi connectivity index (χ2n) is 4.57. The van der Waals surface area contributed by atoms with E-state index in [1.165, 1.54) is 12.1 Å². The highest BCUT2D eigenvalue weighted by molar-refractivity contribution is 6.43. The molecule has 0 saturated carbocycles. The lowest BCUT2D eigenvalue weighted by Crippen LogP contribution is -2.27. The molecule has 0 fully saturated rings. The predicted octanol–water partition coefficient (Wildman–Crippen LogP) is 4.37. The first-order chi connectivity index (χ1) is 8.19. The quantitative estimate of drug-likeness (QED) is 0.614. The Morgan fingerprint density at radius 1 is 1.11 bits per heavy atom. The summed E-state index contributed by atoms with van der Waals surface area (Å²) in [5, 5.41) is 0.916. The summed E-state index contributed by atoms with van der Waals surface area (Å²) < 4.78 is 10.3. The van der Waals surface area contributed by atoms with E-state index in [-0.39, 0.29) is 17.4 Å². The molecule has 0 aliphatic rings. The Kier molecular flexibility index (Phi) is 5.14. The molecule has 1 aromatic carbocycles.